The van der Waals surface area contributed by atoms with Crippen LogP contribution in [-0.4, -0.2) is 16.1 Å². The highest BCUT2D eigenvalue weighted by Gasteiger charge is 2.10. The summed E-state index contributed by atoms with van der Waals surface area (Å²) in [6.07, 6.45) is 5.90. The van der Waals surface area contributed by atoms with Gasteiger partial charge in [0.25, 0.3) is 0 Å². The number of pyridine rings is 1. The first kappa shape index (κ1) is 8.68. The Labute approximate surface area is 88.8 Å². The van der Waals surface area contributed by atoms with Gasteiger partial charge in [-0.1, -0.05) is 0 Å². The predicted molar refractivity (Wildman–Crippen MR) is 59.4 cm³/mol. The van der Waals surface area contributed by atoms with Gasteiger partial charge in [-0.05, 0) is 29.3 Å². The molecule has 0 atom stereocenters. The lowest BCUT2D eigenvalue weighted by molar-refractivity contribution is 0.517. The van der Waals surface area contributed by atoms with Crippen molar-refractivity contribution in [2.45, 2.75) is 13.1 Å². The van der Waals surface area contributed by atoms with Crippen LogP contribution >= 0.6 is 0 Å². The Morgan fingerprint density at radius 1 is 1.20 bits per heavy atom. The van der Waals surface area contributed by atoms with E-state index in [9.17, 15) is 0 Å². The van der Waals surface area contributed by atoms with Crippen LogP contribution < -0.4 is 5.32 Å². The molecule has 3 nitrogen and oxygen atoms in total. The van der Waals surface area contributed by atoms with Crippen LogP contribution in [0.25, 0.3) is 11.1 Å². The second-order valence-electron chi connectivity index (χ2n) is 3.83. The molecule has 3 heteroatoms. The Hall–Kier alpha value is -1.61. The van der Waals surface area contributed by atoms with E-state index in [4.69, 9.17) is 0 Å². The molecule has 0 bridgehead atoms. The fourth-order valence-corrected chi connectivity index (χ4v) is 2.03. The number of hydrogen-bond donors (Lipinski definition) is 1. The Kier molecular flexibility index (Phi) is 2.03. The van der Waals surface area contributed by atoms with Crippen molar-refractivity contribution in [3.8, 4) is 11.1 Å². The highest BCUT2D eigenvalue weighted by molar-refractivity contribution is 5.63. The maximum atomic E-state index is 4.03. The fraction of sp³-hybridized carbons (Fsp3) is 0.250. The molecule has 0 radical (unpaired) electrons. The number of hydrogen-bond acceptors (Lipinski definition) is 2. The van der Waals surface area contributed by atoms with Gasteiger partial charge in [-0.25, -0.2) is 0 Å². The molecular formula is C12H13N3. The molecule has 2 aromatic rings. The Balaban J connectivity index is 2.03. The molecule has 15 heavy (non-hydrogen) atoms. The Morgan fingerprint density at radius 3 is 2.87 bits per heavy atom. The lowest BCUT2D eigenvalue weighted by Gasteiger charge is -2.15. The van der Waals surface area contributed by atoms with Crippen molar-refractivity contribution in [3.63, 3.8) is 0 Å². The van der Waals surface area contributed by atoms with Gasteiger partial charge in [0.1, 0.15) is 0 Å². The summed E-state index contributed by atoms with van der Waals surface area (Å²) in [5.41, 5.74) is 3.90. The Morgan fingerprint density at radius 2 is 2.07 bits per heavy atom. The van der Waals surface area contributed by atoms with Crippen LogP contribution in [0.1, 0.15) is 5.69 Å². The van der Waals surface area contributed by atoms with Crippen LogP contribution in [0, 0.1) is 0 Å². The minimum atomic E-state index is 0.977. The molecule has 0 spiro atoms. The molecule has 0 amide bonds. The van der Waals surface area contributed by atoms with Gasteiger partial charge in [0.05, 0.1) is 0 Å². The molecule has 0 aromatic carbocycles. The molecule has 1 aliphatic heterocycles. The number of aromatic nitrogens is 2. The number of nitrogens with zero attached hydrogens (tertiary/aromatic N) is 2. The highest BCUT2D eigenvalue weighted by atomic mass is 15.1. The van der Waals surface area contributed by atoms with E-state index in [0.29, 0.717) is 0 Å². The molecular weight excluding hydrogens is 186 g/mol. The van der Waals surface area contributed by atoms with Crippen LogP contribution in [0.5, 0.6) is 0 Å². The first-order valence-electron chi connectivity index (χ1n) is 5.24. The Bertz CT molecular complexity index is 435. The van der Waals surface area contributed by atoms with Crippen molar-refractivity contribution >= 4 is 0 Å². The van der Waals surface area contributed by atoms with Gasteiger partial charge in [0.15, 0.2) is 0 Å². The predicted octanol–water partition coefficient (Wildman–Crippen LogP) is 1.65. The van der Waals surface area contributed by atoms with Crippen LogP contribution in [0.3, 0.4) is 0 Å². The van der Waals surface area contributed by atoms with E-state index in [1.807, 2.05) is 12.4 Å². The van der Waals surface area contributed by atoms with Gasteiger partial charge in [0, 0.05) is 43.9 Å². The summed E-state index contributed by atoms with van der Waals surface area (Å²) in [6, 6.07) is 6.35. The van der Waals surface area contributed by atoms with Crippen molar-refractivity contribution in [1.82, 2.24) is 14.9 Å². The van der Waals surface area contributed by atoms with Gasteiger partial charge >= 0.3 is 0 Å². The van der Waals surface area contributed by atoms with E-state index in [1.165, 1.54) is 16.8 Å². The zero-order valence-electron chi connectivity index (χ0n) is 8.48. The van der Waals surface area contributed by atoms with Gasteiger partial charge < -0.3 is 9.88 Å². The highest BCUT2D eigenvalue weighted by Crippen LogP contribution is 2.22. The third kappa shape index (κ3) is 1.55. The van der Waals surface area contributed by atoms with E-state index < -0.39 is 0 Å². The smallest absolute Gasteiger partial charge is 0.0360 e. The van der Waals surface area contributed by atoms with Crippen LogP contribution in [-0.2, 0) is 13.1 Å². The fourth-order valence-electron chi connectivity index (χ4n) is 2.03. The SMILES string of the molecule is c1cc(-c2cc3n(c2)CCNC3)ccn1. The van der Waals surface area contributed by atoms with Crippen molar-refractivity contribution in [2.75, 3.05) is 6.54 Å². The lowest BCUT2D eigenvalue weighted by Crippen LogP contribution is -2.27. The minimum Gasteiger partial charge on any atom is -0.348 e. The average Bonchev–Trinajstić information content (AvgIpc) is 2.74. The minimum absolute atomic E-state index is 0.977. The van der Waals surface area contributed by atoms with Crippen molar-refractivity contribution in [1.29, 1.82) is 0 Å². The third-order valence-corrected chi connectivity index (χ3v) is 2.84. The van der Waals surface area contributed by atoms with Crippen LogP contribution in [0.15, 0.2) is 36.8 Å². The molecule has 3 heterocycles. The summed E-state index contributed by atoms with van der Waals surface area (Å²) in [7, 11) is 0. The normalized spacial score (nSPS) is 14.9. The standard InChI is InChI=1S/C12H13N3/c1-3-13-4-2-10(1)11-7-12-8-14-5-6-15(12)9-11/h1-4,7,9,14H,5-6,8H2. The second-order valence-corrected chi connectivity index (χ2v) is 3.83. The molecule has 76 valence electrons. The molecule has 0 saturated heterocycles. The summed E-state index contributed by atoms with van der Waals surface area (Å²) < 4.78 is 2.33. The third-order valence-electron chi connectivity index (χ3n) is 2.84. The van der Waals surface area contributed by atoms with Crippen molar-refractivity contribution in [3.05, 3.63) is 42.5 Å². The maximum absolute atomic E-state index is 4.03. The summed E-state index contributed by atoms with van der Waals surface area (Å²) in [5.74, 6) is 0. The van der Waals surface area contributed by atoms with E-state index >= 15 is 0 Å². The summed E-state index contributed by atoms with van der Waals surface area (Å²) >= 11 is 0. The number of rotatable bonds is 1. The van der Waals surface area contributed by atoms with Gasteiger partial charge in [-0.2, -0.15) is 0 Å². The molecule has 0 fully saturated rings. The number of nitrogens with one attached hydrogen (secondary N) is 1. The zero-order valence-corrected chi connectivity index (χ0v) is 8.48. The topological polar surface area (TPSA) is 29.9 Å². The molecule has 3 rings (SSSR count). The maximum Gasteiger partial charge on any atom is 0.0360 e. The number of fused-ring (bicyclic) bond motifs is 1. The monoisotopic (exact) mass is 199 g/mol. The quantitative estimate of drug-likeness (QED) is 0.757. The second kappa shape index (κ2) is 3.51. The van der Waals surface area contributed by atoms with E-state index in [2.05, 4.69) is 39.3 Å². The van der Waals surface area contributed by atoms with Crippen molar-refractivity contribution in [2.24, 2.45) is 0 Å². The van der Waals surface area contributed by atoms with Crippen LogP contribution in [0.4, 0.5) is 0 Å². The molecule has 1 aliphatic rings. The van der Waals surface area contributed by atoms with E-state index in [1.54, 1.807) is 0 Å². The first-order valence-corrected chi connectivity index (χ1v) is 5.24. The summed E-state index contributed by atoms with van der Waals surface area (Å²) in [5, 5.41) is 3.37. The zero-order chi connectivity index (χ0) is 10.1. The first-order chi connectivity index (χ1) is 7.43. The molecule has 0 unspecified atom stereocenters. The molecule has 0 aliphatic carbocycles. The van der Waals surface area contributed by atoms with Gasteiger partial charge in [0.2, 0.25) is 0 Å². The summed E-state index contributed by atoms with van der Waals surface area (Å²) in [4.78, 5) is 4.03. The average molecular weight is 199 g/mol. The van der Waals surface area contributed by atoms with E-state index in [-0.39, 0.29) is 0 Å². The lowest BCUT2D eigenvalue weighted by atomic mass is 10.1. The molecule has 1 N–H and O–H groups in total. The molecule has 0 saturated carbocycles. The van der Waals surface area contributed by atoms with Gasteiger partial charge in [-0.3, -0.25) is 4.98 Å². The summed E-state index contributed by atoms with van der Waals surface area (Å²) in [6.45, 7) is 3.11. The van der Waals surface area contributed by atoms with E-state index in [0.717, 1.165) is 19.6 Å². The van der Waals surface area contributed by atoms with Crippen LogP contribution in [0.2, 0.25) is 0 Å². The molecule has 2 aromatic heterocycles. The van der Waals surface area contributed by atoms with Crippen molar-refractivity contribution < 1.29 is 0 Å². The largest absolute Gasteiger partial charge is 0.348 e. The van der Waals surface area contributed by atoms with Gasteiger partial charge in [-0.15, -0.1) is 0 Å².